The molecule has 0 radical (unpaired) electrons. The standard InChI is InChI=1S/C7H8F3NO4/c1-2-15-6(13)5(11-14)4(12)3-7(8,9)10/h14H,2-3H2,1H3/b11-5-. The topological polar surface area (TPSA) is 76.0 Å². The molecule has 0 rings (SSSR count). The number of halogens is 3. The van der Waals surface area contributed by atoms with Crippen LogP contribution in [-0.4, -0.2) is 35.5 Å². The first-order chi connectivity index (χ1) is 6.81. The number of carbonyl (C=O) groups excluding carboxylic acids is 2. The van der Waals surface area contributed by atoms with E-state index in [2.05, 4.69) is 9.89 Å². The van der Waals surface area contributed by atoms with Gasteiger partial charge in [-0.2, -0.15) is 13.2 Å². The summed E-state index contributed by atoms with van der Waals surface area (Å²) in [7, 11) is 0. The van der Waals surface area contributed by atoms with Crippen LogP contribution in [0.5, 0.6) is 0 Å². The fourth-order valence-electron chi connectivity index (χ4n) is 0.676. The van der Waals surface area contributed by atoms with Crippen LogP contribution in [0.25, 0.3) is 0 Å². The van der Waals surface area contributed by atoms with Gasteiger partial charge in [-0.1, -0.05) is 5.16 Å². The Balaban J connectivity index is 4.58. The van der Waals surface area contributed by atoms with E-state index in [1.54, 1.807) is 0 Å². The molecule has 0 atom stereocenters. The molecule has 5 nitrogen and oxygen atoms in total. The minimum atomic E-state index is -4.76. The predicted molar refractivity (Wildman–Crippen MR) is 41.5 cm³/mol. The third kappa shape index (κ3) is 4.99. The van der Waals surface area contributed by atoms with Gasteiger partial charge in [0.05, 0.1) is 6.61 Å². The molecule has 0 aliphatic rings. The SMILES string of the molecule is CCOC(=O)/C(=N\O)C(=O)CC(F)(F)F. The van der Waals surface area contributed by atoms with Gasteiger partial charge in [0.1, 0.15) is 6.42 Å². The van der Waals surface area contributed by atoms with Crippen LogP contribution in [0.15, 0.2) is 5.16 Å². The Morgan fingerprint density at radius 2 is 1.93 bits per heavy atom. The molecule has 0 bridgehead atoms. The molecule has 0 saturated carbocycles. The van der Waals surface area contributed by atoms with Crippen molar-refractivity contribution in [1.29, 1.82) is 0 Å². The van der Waals surface area contributed by atoms with Crippen molar-refractivity contribution < 1.29 is 32.7 Å². The Morgan fingerprint density at radius 3 is 2.27 bits per heavy atom. The van der Waals surface area contributed by atoms with Crippen molar-refractivity contribution >= 4 is 17.5 Å². The zero-order valence-corrected chi connectivity index (χ0v) is 7.67. The molecule has 0 aliphatic carbocycles. The van der Waals surface area contributed by atoms with Crippen molar-refractivity contribution in [2.24, 2.45) is 5.16 Å². The van der Waals surface area contributed by atoms with Crippen LogP contribution in [0.2, 0.25) is 0 Å². The molecule has 0 spiro atoms. The molecule has 8 heteroatoms. The van der Waals surface area contributed by atoms with Gasteiger partial charge in [-0.05, 0) is 6.92 Å². The van der Waals surface area contributed by atoms with Gasteiger partial charge in [-0.3, -0.25) is 4.79 Å². The second-order valence-corrected chi connectivity index (χ2v) is 2.38. The Bertz CT molecular complexity index is 284. The summed E-state index contributed by atoms with van der Waals surface area (Å²) in [5, 5.41) is 10.4. The van der Waals surface area contributed by atoms with E-state index in [-0.39, 0.29) is 6.61 Å². The van der Waals surface area contributed by atoms with E-state index in [0.29, 0.717) is 0 Å². The molecule has 0 heterocycles. The molecule has 0 amide bonds. The number of rotatable bonds is 4. The number of alkyl halides is 3. The Labute approximate surface area is 82.5 Å². The molecule has 0 aromatic heterocycles. The van der Waals surface area contributed by atoms with Crippen LogP contribution in [-0.2, 0) is 14.3 Å². The minimum Gasteiger partial charge on any atom is -0.461 e. The first-order valence-electron chi connectivity index (χ1n) is 3.81. The zero-order valence-electron chi connectivity index (χ0n) is 7.67. The highest BCUT2D eigenvalue weighted by Crippen LogP contribution is 2.20. The van der Waals surface area contributed by atoms with Crippen molar-refractivity contribution in [3.63, 3.8) is 0 Å². The molecule has 0 aliphatic heterocycles. The lowest BCUT2D eigenvalue weighted by Gasteiger charge is -2.05. The quantitative estimate of drug-likeness (QED) is 0.254. The van der Waals surface area contributed by atoms with Crippen LogP contribution in [0.4, 0.5) is 13.2 Å². The van der Waals surface area contributed by atoms with Gasteiger partial charge in [-0.15, -0.1) is 0 Å². The van der Waals surface area contributed by atoms with E-state index in [0.717, 1.165) is 0 Å². The number of hydrogen-bond donors (Lipinski definition) is 1. The molecule has 0 unspecified atom stereocenters. The normalized spacial score (nSPS) is 12.4. The average molecular weight is 227 g/mol. The second-order valence-electron chi connectivity index (χ2n) is 2.38. The first kappa shape index (κ1) is 13.4. The highest BCUT2D eigenvalue weighted by atomic mass is 19.4. The van der Waals surface area contributed by atoms with Gasteiger partial charge in [0.15, 0.2) is 0 Å². The number of Topliss-reactive ketones (excluding diaryl/α,β-unsaturated/α-hetero) is 1. The summed E-state index contributed by atoms with van der Waals surface area (Å²) in [5.41, 5.74) is -1.26. The van der Waals surface area contributed by atoms with Crippen LogP contribution >= 0.6 is 0 Å². The summed E-state index contributed by atoms with van der Waals surface area (Å²) in [6.45, 7) is 1.25. The molecular formula is C7H8F3NO4. The summed E-state index contributed by atoms with van der Waals surface area (Å²) in [5.74, 6) is -3.02. The number of carbonyl (C=O) groups is 2. The highest BCUT2D eigenvalue weighted by Gasteiger charge is 2.36. The maximum Gasteiger partial charge on any atom is 0.396 e. The molecule has 0 fully saturated rings. The van der Waals surface area contributed by atoms with Gasteiger partial charge in [0, 0.05) is 0 Å². The van der Waals surface area contributed by atoms with E-state index < -0.39 is 30.1 Å². The maximum absolute atomic E-state index is 11.7. The van der Waals surface area contributed by atoms with Crippen LogP contribution < -0.4 is 0 Å². The van der Waals surface area contributed by atoms with Gasteiger partial charge in [0.2, 0.25) is 11.5 Å². The van der Waals surface area contributed by atoms with Crippen molar-refractivity contribution in [2.75, 3.05) is 6.61 Å². The lowest BCUT2D eigenvalue weighted by atomic mass is 10.2. The molecule has 0 aromatic carbocycles. The molecular weight excluding hydrogens is 219 g/mol. The third-order valence-electron chi connectivity index (χ3n) is 1.19. The van der Waals surface area contributed by atoms with Gasteiger partial charge in [0.25, 0.3) is 0 Å². The Hall–Kier alpha value is -1.60. The summed E-state index contributed by atoms with van der Waals surface area (Å²) >= 11 is 0. The lowest BCUT2D eigenvalue weighted by molar-refractivity contribution is -0.148. The molecule has 86 valence electrons. The molecule has 15 heavy (non-hydrogen) atoms. The van der Waals surface area contributed by atoms with Crippen LogP contribution in [0.1, 0.15) is 13.3 Å². The van der Waals surface area contributed by atoms with Gasteiger partial charge in [-0.25, -0.2) is 4.79 Å². The number of hydrogen-bond acceptors (Lipinski definition) is 5. The summed E-state index contributed by atoms with van der Waals surface area (Å²) in [6, 6.07) is 0. The predicted octanol–water partition coefficient (Wildman–Crippen LogP) is 0.901. The summed E-state index contributed by atoms with van der Waals surface area (Å²) < 4.78 is 39.4. The summed E-state index contributed by atoms with van der Waals surface area (Å²) in [4.78, 5) is 21.6. The van der Waals surface area contributed by atoms with Crippen molar-refractivity contribution in [3.05, 3.63) is 0 Å². The second kappa shape index (κ2) is 5.32. The van der Waals surface area contributed by atoms with Crippen molar-refractivity contribution in [2.45, 2.75) is 19.5 Å². The average Bonchev–Trinajstić information content (AvgIpc) is 2.02. The fourth-order valence-corrected chi connectivity index (χ4v) is 0.676. The smallest absolute Gasteiger partial charge is 0.396 e. The number of oxime groups is 1. The van der Waals surface area contributed by atoms with E-state index in [1.807, 2.05) is 0 Å². The van der Waals surface area contributed by atoms with E-state index in [1.165, 1.54) is 6.92 Å². The van der Waals surface area contributed by atoms with Crippen LogP contribution in [0, 0.1) is 0 Å². The zero-order chi connectivity index (χ0) is 12.1. The molecule has 1 N–H and O–H groups in total. The van der Waals surface area contributed by atoms with E-state index >= 15 is 0 Å². The number of nitrogens with zero attached hydrogens (tertiary/aromatic N) is 1. The fraction of sp³-hybridized carbons (Fsp3) is 0.571. The van der Waals surface area contributed by atoms with Crippen molar-refractivity contribution in [1.82, 2.24) is 0 Å². The highest BCUT2D eigenvalue weighted by molar-refractivity contribution is 6.64. The molecule has 0 saturated heterocycles. The Morgan fingerprint density at radius 1 is 1.40 bits per heavy atom. The third-order valence-corrected chi connectivity index (χ3v) is 1.19. The van der Waals surface area contributed by atoms with E-state index in [9.17, 15) is 22.8 Å². The van der Waals surface area contributed by atoms with Gasteiger partial charge < -0.3 is 9.94 Å². The number of esters is 1. The van der Waals surface area contributed by atoms with Gasteiger partial charge >= 0.3 is 12.1 Å². The lowest BCUT2D eigenvalue weighted by Crippen LogP contribution is -2.30. The monoisotopic (exact) mass is 227 g/mol. The minimum absolute atomic E-state index is 0.142. The molecule has 0 aromatic rings. The number of ether oxygens (including phenoxy) is 1. The maximum atomic E-state index is 11.7. The van der Waals surface area contributed by atoms with Crippen LogP contribution in [0.3, 0.4) is 0 Å². The Kier molecular flexibility index (Phi) is 4.75. The largest absolute Gasteiger partial charge is 0.461 e. The number of ketones is 1. The summed E-state index contributed by atoms with van der Waals surface area (Å²) in [6.07, 6.45) is -6.63. The van der Waals surface area contributed by atoms with Crippen molar-refractivity contribution in [3.8, 4) is 0 Å². The first-order valence-corrected chi connectivity index (χ1v) is 3.81. The van der Waals surface area contributed by atoms with E-state index in [4.69, 9.17) is 5.21 Å².